The number of hydrogen-bond donors (Lipinski definition) is 8. The summed E-state index contributed by atoms with van der Waals surface area (Å²) < 4.78 is 31.6. The predicted octanol–water partition coefficient (Wildman–Crippen LogP) is 8.54. The number of fused-ring (bicyclic) bond motifs is 6. The van der Waals surface area contributed by atoms with E-state index >= 15 is 0 Å². The van der Waals surface area contributed by atoms with Crippen LogP contribution in [0, 0.1) is 0 Å². The Morgan fingerprint density at radius 1 is 0.448 bits per heavy atom. The van der Waals surface area contributed by atoms with Crippen molar-refractivity contribution in [2.24, 2.45) is 0 Å². The summed E-state index contributed by atoms with van der Waals surface area (Å²) in [5.41, 5.74) is 7.58. The third kappa shape index (κ3) is 10.1. The Kier molecular flexibility index (Phi) is 13.3. The van der Waals surface area contributed by atoms with Gasteiger partial charge in [0.1, 0.15) is 0 Å². The number of benzene rings is 8. The summed E-state index contributed by atoms with van der Waals surface area (Å²) in [5.74, 6) is -1.78. The van der Waals surface area contributed by atoms with Crippen molar-refractivity contribution in [3.05, 3.63) is 215 Å². The van der Waals surface area contributed by atoms with Gasteiger partial charge in [-0.3, -0.25) is 28.3 Å². The maximum Gasteiger partial charge on any atom is 0.394 e. The zero-order chi connectivity index (χ0) is 47.2. The van der Waals surface area contributed by atoms with Gasteiger partial charge in [0.15, 0.2) is 12.2 Å². The number of aliphatic hydroxyl groups excluding tert-OH is 2. The first-order valence-electron chi connectivity index (χ1n) is 20.9. The van der Waals surface area contributed by atoms with Gasteiger partial charge in [0.25, 0.3) is 11.8 Å². The monoisotopic (exact) mass is 914 g/mol. The van der Waals surface area contributed by atoms with Crippen molar-refractivity contribution < 1.29 is 46.9 Å². The fraction of sp³-hybridized carbons (Fsp3) is 0.0769. The lowest BCUT2D eigenvalue weighted by molar-refractivity contribution is -0.124. The van der Waals surface area contributed by atoms with E-state index in [0.29, 0.717) is 33.3 Å². The molecule has 2 aliphatic heterocycles. The second-order valence-electron chi connectivity index (χ2n) is 15.6. The lowest BCUT2D eigenvalue weighted by Crippen LogP contribution is -2.21. The molecule has 4 amide bonds. The van der Waals surface area contributed by atoms with Crippen molar-refractivity contribution in [2.45, 2.75) is 24.0 Å². The van der Waals surface area contributed by atoms with E-state index in [1.807, 2.05) is 109 Å². The van der Waals surface area contributed by atoms with Crippen LogP contribution in [0.25, 0.3) is 21.5 Å². The second kappa shape index (κ2) is 19.6. The molecule has 67 heavy (non-hydrogen) atoms. The van der Waals surface area contributed by atoms with Crippen molar-refractivity contribution in [2.75, 3.05) is 21.3 Å². The van der Waals surface area contributed by atoms with Gasteiger partial charge in [0, 0.05) is 32.9 Å². The van der Waals surface area contributed by atoms with Crippen LogP contribution in [0.5, 0.6) is 0 Å². The number of nitrogens with one attached hydrogen (secondary N) is 4. The average Bonchev–Trinajstić information content (AvgIpc) is 3.87. The van der Waals surface area contributed by atoms with Crippen LogP contribution in [-0.4, -0.2) is 51.4 Å². The fourth-order valence-corrected chi connectivity index (χ4v) is 8.33. The molecule has 2 aliphatic rings. The molecule has 0 radical (unpaired) electrons. The molecular weight excluding hydrogens is 873 g/mol. The van der Waals surface area contributed by atoms with Crippen molar-refractivity contribution in [1.29, 1.82) is 0 Å². The number of hydrogen-bond acceptors (Lipinski definition) is 8. The molecule has 10 rings (SSSR count). The highest BCUT2D eigenvalue weighted by atomic mass is 32.3. The Labute approximate surface area is 384 Å². The highest BCUT2D eigenvalue weighted by molar-refractivity contribution is 7.79. The molecular formula is C52H42N4O10S. The first-order valence-corrected chi connectivity index (χ1v) is 22.3. The summed E-state index contributed by atoms with van der Waals surface area (Å²) in [6.45, 7) is 0. The average molecular weight is 915 g/mol. The molecule has 0 fully saturated rings. The zero-order valence-electron chi connectivity index (χ0n) is 35.3. The third-order valence-corrected chi connectivity index (χ3v) is 11.3. The van der Waals surface area contributed by atoms with E-state index < -0.39 is 34.4 Å². The smallest absolute Gasteiger partial charge is 0.378 e. The van der Waals surface area contributed by atoms with Gasteiger partial charge < -0.3 is 31.5 Å². The minimum absolute atomic E-state index is 0.0182. The number of anilines is 4. The molecule has 2 heterocycles. The molecule has 0 spiro atoms. The van der Waals surface area contributed by atoms with Gasteiger partial charge in [-0.05, 0) is 45.5 Å². The first-order chi connectivity index (χ1) is 32.3. The van der Waals surface area contributed by atoms with Crippen molar-refractivity contribution in [3.63, 3.8) is 0 Å². The number of carbonyl (C=O) groups excluding carboxylic acids is 4. The highest BCUT2D eigenvalue weighted by Crippen LogP contribution is 2.47. The van der Waals surface area contributed by atoms with Crippen LogP contribution in [0.4, 0.5) is 22.7 Å². The molecule has 8 aromatic carbocycles. The Hall–Kier alpha value is -8.05. The van der Waals surface area contributed by atoms with Gasteiger partial charge in [0.05, 0.1) is 23.2 Å². The van der Waals surface area contributed by atoms with Crippen LogP contribution in [0.3, 0.4) is 0 Å². The van der Waals surface area contributed by atoms with E-state index in [-0.39, 0.29) is 23.7 Å². The van der Waals surface area contributed by atoms with Crippen molar-refractivity contribution in [3.8, 4) is 0 Å². The highest BCUT2D eigenvalue weighted by Gasteiger charge is 2.36. The largest absolute Gasteiger partial charge is 0.394 e. The first kappa shape index (κ1) is 45.5. The Bertz CT molecular complexity index is 3040. The molecule has 8 aromatic rings. The van der Waals surface area contributed by atoms with Gasteiger partial charge in [-0.2, -0.15) is 8.42 Å². The summed E-state index contributed by atoms with van der Waals surface area (Å²) in [6.07, 6.45) is -2.62. The SMILES string of the molecule is O=C(Nc1cccc2c(NC(=O)C(O)c3ccccc3)cccc12)C(O)c1ccccc1.O=C1Nc2c(ccc3c4c(ccc23)C(c2ccccc2)C(=O)N4)C1c1ccccc1.O=S(=O)(O)O. The third-order valence-electron chi connectivity index (χ3n) is 11.3. The molecule has 336 valence electrons. The quantitative estimate of drug-likeness (QED) is 0.0677. The zero-order valence-corrected chi connectivity index (χ0v) is 36.1. The van der Waals surface area contributed by atoms with Gasteiger partial charge >= 0.3 is 10.4 Å². The van der Waals surface area contributed by atoms with Gasteiger partial charge in [-0.1, -0.05) is 170 Å². The summed E-state index contributed by atoms with van der Waals surface area (Å²) >= 11 is 0. The maximum absolute atomic E-state index is 12.8. The van der Waals surface area contributed by atoms with E-state index in [9.17, 15) is 29.4 Å². The minimum atomic E-state index is -4.67. The van der Waals surface area contributed by atoms with Crippen molar-refractivity contribution >= 4 is 78.3 Å². The Morgan fingerprint density at radius 2 is 0.776 bits per heavy atom. The lowest BCUT2D eigenvalue weighted by Gasteiger charge is -2.16. The molecule has 0 saturated carbocycles. The number of aliphatic hydroxyl groups is 2. The normalized spacial score (nSPS) is 15.6. The standard InChI is InChI=1S/C26H22N2O4.C26H18N2O2.H2O4S/c29-23(17-9-3-1-4-10-17)25(31)27-21-15-7-14-20-19(21)13-8-16-22(20)28-26(32)24(30)18-11-5-2-6-12-18;29-25-21(15-7-3-1-4-8-15)19-13-11-18-17(23(19)27-25)12-14-20-22(26(30)28-24(18)20)16-9-5-2-6-10-16;1-5(2,3)4/h1-16,23-24,29-30H,(H,27,31)(H,28,32);1-14,21-22H,(H,27,29)(H,28,30);(H2,1,2,3,4). The van der Waals surface area contributed by atoms with Crippen LogP contribution in [-0.2, 0) is 29.6 Å². The van der Waals surface area contributed by atoms with E-state index in [4.69, 9.17) is 17.5 Å². The van der Waals surface area contributed by atoms with E-state index in [1.54, 1.807) is 72.8 Å². The summed E-state index contributed by atoms with van der Waals surface area (Å²) in [5, 5.41) is 35.7. The van der Waals surface area contributed by atoms with Gasteiger partial charge in [-0.25, -0.2) is 0 Å². The molecule has 4 atom stereocenters. The fourth-order valence-electron chi connectivity index (χ4n) is 8.33. The molecule has 0 bridgehead atoms. The molecule has 14 nitrogen and oxygen atoms in total. The predicted molar refractivity (Wildman–Crippen MR) is 256 cm³/mol. The number of carbonyl (C=O) groups is 4. The number of amides is 4. The maximum atomic E-state index is 12.8. The van der Waals surface area contributed by atoms with Crippen LogP contribution in [0.2, 0.25) is 0 Å². The van der Waals surface area contributed by atoms with E-state index in [2.05, 4.69) is 21.3 Å². The minimum Gasteiger partial charge on any atom is -0.378 e. The van der Waals surface area contributed by atoms with Crippen LogP contribution < -0.4 is 21.3 Å². The molecule has 8 N–H and O–H groups in total. The summed E-state index contributed by atoms with van der Waals surface area (Å²) in [4.78, 5) is 50.8. The second-order valence-corrected chi connectivity index (χ2v) is 16.5. The Morgan fingerprint density at radius 3 is 1.12 bits per heavy atom. The van der Waals surface area contributed by atoms with E-state index in [1.165, 1.54) is 0 Å². The number of rotatable bonds is 8. The van der Waals surface area contributed by atoms with Crippen molar-refractivity contribution in [1.82, 2.24) is 0 Å². The van der Waals surface area contributed by atoms with Gasteiger partial charge in [0.2, 0.25) is 11.8 Å². The molecule has 0 aliphatic carbocycles. The molecule has 0 aromatic heterocycles. The van der Waals surface area contributed by atoms with Crippen LogP contribution >= 0.6 is 0 Å². The Balaban J connectivity index is 0.000000165. The summed E-state index contributed by atoms with van der Waals surface area (Å²) in [6, 6.07) is 55.6. The van der Waals surface area contributed by atoms with Gasteiger partial charge in [-0.15, -0.1) is 0 Å². The van der Waals surface area contributed by atoms with Crippen LogP contribution in [0.15, 0.2) is 182 Å². The lowest BCUT2D eigenvalue weighted by atomic mass is 9.88. The van der Waals surface area contributed by atoms with Crippen LogP contribution in [0.1, 0.15) is 57.4 Å². The van der Waals surface area contributed by atoms with E-state index in [0.717, 1.165) is 44.4 Å². The molecule has 4 unspecified atom stereocenters. The summed E-state index contributed by atoms with van der Waals surface area (Å²) in [7, 11) is -4.67. The molecule has 15 heteroatoms. The molecule has 0 saturated heterocycles. The topological polar surface area (TPSA) is 231 Å².